The zero-order valence-electron chi connectivity index (χ0n) is 11.1. The van der Waals surface area contributed by atoms with Crippen LogP contribution in [0.25, 0.3) is 0 Å². The van der Waals surface area contributed by atoms with Gasteiger partial charge < -0.3 is 10.6 Å². The quantitative estimate of drug-likeness (QED) is 0.798. The molecule has 3 nitrogen and oxygen atoms in total. The minimum absolute atomic E-state index is 0.168. The summed E-state index contributed by atoms with van der Waals surface area (Å²) < 4.78 is 0. The lowest BCUT2D eigenvalue weighted by Gasteiger charge is -2.30. The van der Waals surface area contributed by atoms with Crippen LogP contribution in [0.5, 0.6) is 0 Å². The minimum Gasteiger partial charge on any atom is -0.345 e. The summed E-state index contributed by atoms with van der Waals surface area (Å²) in [6.45, 7) is 7.95. The Balaban J connectivity index is 2.56. The first-order valence-corrected chi connectivity index (χ1v) is 6.30. The van der Waals surface area contributed by atoms with Gasteiger partial charge in [-0.15, -0.1) is 0 Å². The third kappa shape index (κ3) is 3.48. The fourth-order valence-electron chi connectivity index (χ4n) is 2.72. The van der Waals surface area contributed by atoms with Crippen molar-refractivity contribution >= 4 is 5.91 Å². The van der Waals surface area contributed by atoms with Crippen molar-refractivity contribution in [1.29, 1.82) is 0 Å². The highest BCUT2D eigenvalue weighted by atomic mass is 16.2. The van der Waals surface area contributed by atoms with Crippen LogP contribution in [-0.2, 0) is 4.79 Å². The Morgan fingerprint density at radius 3 is 2.50 bits per heavy atom. The Morgan fingerprint density at radius 2 is 2.00 bits per heavy atom. The van der Waals surface area contributed by atoms with E-state index >= 15 is 0 Å². The van der Waals surface area contributed by atoms with Crippen LogP contribution in [-0.4, -0.2) is 30.9 Å². The molecule has 0 aromatic carbocycles. The van der Waals surface area contributed by atoms with Crippen molar-refractivity contribution in [3.63, 3.8) is 0 Å². The summed E-state index contributed by atoms with van der Waals surface area (Å²) >= 11 is 0. The fourth-order valence-corrected chi connectivity index (χ4v) is 2.72. The molecule has 1 aliphatic rings. The molecule has 0 aromatic rings. The van der Waals surface area contributed by atoms with E-state index in [1.165, 1.54) is 0 Å². The Kier molecular flexibility index (Phi) is 4.36. The van der Waals surface area contributed by atoms with Crippen LogP contribution in [0.1, 0.15) is 40.0 Å². The van der Waals surface area contributed by atoms with E-state index in [4.69, 9.17) is 5.73 Å². The number of rotatable bonds is 3. The van der Waals surface area contributed by atoms with E-state index in [1.807, 2.05) is 11.9 Å². The monoisotopic (exact) mass is 226 g/mol. The van der Waals surface area contributed by atoms with Crippen molar-refractivity contribution in [3.8, 4) is 0 Å². The number of carbonyl (C=O) groups excluding carboxylic acids is 1. The summed E-state index contributed by atoms with van der Waals surface area (Å²) in [6.07, 6.45) is 3.30. The fraction of sp³-hybridized carbons (Fsp3) is 0.923. The average Bonchev–Trinajstić information content (AvgIpc) is 2.61. The maximum Gasteiger partial charge on any atom is 0.225 e. The molecule has 0 heterocycles. The molecule has 1 fully saturated rings. The largest absolute Gasteiger partial charge is 0.345 e. The number of amides is 1. The van der Waals surface area contributed by atoms with Crippen LogP contribution in [0.2, 0.25) is 0 Å². The average molecular weight is 226 g/mol. The van der Waals surface area contributed by atoms with Crippen LogP contribution < -0.4 is 5.73 Å². The van der Waals surface area contributed by atoms with Crippen molar-refractivity contribution in [2.75, 3.05) is 20.1 Å². The van der Waals surface area contributed by atoms with E-state index in [1.54, 1.807) is 0 Å². The lowest BCUT2D eigenvalue weighted by atomic mass is 9.92. The van der Waals surface area contributed by atoms with E-state index in [9.17, 15) is 4.79 Å². The molecule has 16 heavy (non-hydrogen) atoms. The predicted octanol–water partition coefficient (Wildman–Crippen LogP) is 1.87. The molecule has 0 saturated heterocycles. The summed E-state index contributed by atoms with van der Waals surface area (Å²) in [7, 11) is 1.92. The number of nitrogens with zero attached hydrogens (tertiary/aromatic N) is 1. The Morgan fingerprint density at radius 1 is 1.38 bits per heavy atom. The predicted molar refractivity (Wildman–Crippen MR) is 67.0 cm³/mol. The van der Waals surface area contributed by atoms with Gasteiger partial charge in [0, 0.05) is 19.5 Å². The van der Waals surface area contributed by atoms with E-state index < -0.39 is 0 Å². The van der Waals surface area contributed by atoms with Gasteiger partial charge >= 0.3 is 0 Å². The highest BCUT2D eigenvalue weighted by Crippen LogP contribution is 2.32. The molecule has 1 rings (SSSR count). The van der Waals surface area contributed by atoms with Gasteiger partial charge in [0.2, 0.25) is 5.91 Å². The van der Waals surface area contributed by atoms with Gasteiger partial charge in [0.1, 0.15) is 0 Å². The second-order valence-corrected chi connectivity index (χ2v) is 6.29. The van der Waals surface area contributed by atoms with Gasteiger partial charge in [0.05, 0.1) is 0 Å². The van der Waals surface area contributed by atoms with Crippen molar-refractivity contribution in [2.24, 2.45) is 23.0 Å². The van der Waals surface area contributed by atoms with Crippen LogP contribution in [0.4, 0.5) is 0 Å². The smallest absolute Gasteiger partial charge is 0.225 e. The molecule has 0 aromatic heterocycles. The number of nitrogens with two attached hydrogens (primary N) is 1. The van der Waals surface area contributed by atoms with E-state index in [0.29, 0.717) is 18.4 Å². The topological polar surface area (TPSA) is 46.3 Å². The second kappa shape index (κ2) is 5.17. The first-order chi connectivity index (χ1) is 7.35. The van der Waals surface area contributed by atoms with Gasteiger partial charge in [-0.05, 0) is 30.7 Å². The lowest BCUT2D eigenvalue weighted by molar-refractivity contribution is -0.136. The van der Waals surface area contributed by atoms with E-state index in [-0.39, 0.29) is 11.3 Å². The number of hydrogen-bond donors (Lipinski definition) is 1. The molecule has 2 atom stereocenters. The van der Waals surface area contributed by atoms with Crippen LogP contribution in [0.15, 0.2) is 0 Å². The van der Waals surface area contributed by atoms with Crippen LogP contribution >= 0.6 is 0 Å². The molecule has 0 spiro atoms. The molecular weight excluding hydrogens is 200 g/mol. The first kappa shape index (κ1) is 13.5. The molecule has 2 N–H and O–H groups in total. The van der Waals surface area contributed by atoms with E-state index in [0.717, 1.165) is 25.8 Å². The maximum absolute atomic E-state index is 12.3. The summed E-state index contributed by atoms with van der Waals surface area (Å²) in [5, 5.41) is 0. The molecule has 0 bridgehead atoms. The van der Waals surface area contributed by atoms with Gasteiger partial charge in [-0.3, -0.25) is 4.79 Å². The molecule has 1 amide bonds. The maximum atomic E-state index is 12.3. The molecule has 3 heteroatoms. The molecule has 0 radical (unpaired) electrons. The summed E-state index contributed by atoms with van der Waals surface area (Å²) in [4.78, 5) is 14.2. The molecule has 1 aliphatic carbocycles. The molecular formula is C13H26N2O. The summed E-state index contributed by atoms with van der Waals surface area (Å²) in [6, 6.07) is 0. The van der Waals surface area contributed by atoms with Crippen molar-refractivity contribution < 1.29 is 4.79 Å². The zero-order valence-corrected chi connectivity index (χ0v) is 11.1. The number of carbonyl (C=O) groups is 1. The first-order valence-electron chi connectivity index (χ1n) is 6.30. The summed E-state index contributed by atoms with van der Waals surface area (Å²) in [5.41, 5.74) is 5.89. The SMILES string of the molecule is CN(CC(C)(C)C)C(=O)C1CCCC1CN. The zero-order chi connectivity index (χ0) is 12.3. The number of hydrogen-bond acceptors (Lipinski definition) is 2. The Bertz CT molecular complexity index is 245. The lowest BCUT2D eigenvalue weighted by Crippen LogP contribution is -2.40. The van der Waals surface area contributed by atoms with Gasteiger partial charge in [-0.2, -0.15) is 0 Å². The van der Waals surface area contributed by atoms with Gasteiger partial charge in [0.15, 0.2) is 0 Å². The highest BCUT2D eigenvalue weighted by Gasteiger charge is 2.34. The molecule has 94 valence electrons. The Labute approximate surface area is 99.4 Å². The van der Waals surface area contributed by atoms with Crippen molar-refractivity contribution in [1.82, 2.24) is 4.90 Å². The van der Waals surface area contributed by atoms with Crippen molar-refractivity contribution in [2.45, 2.75) is 40.0 Å². The second-order valence-electron chi connectivity index (χ2n) is 6.29. The molecule has 2 unspecified atom stereocenters. The highest BCUT2D eigenvalue weighted by molar-refractivity contribution is 5.79. The molecule has 0 aliphatic heterocycles. The van der Waals surface area contributed by atoms with Gasteiger partial charge in [-0.25, -0.2) is 0 Å². The van der Waals surface area contributed by atoms with Crippen LogP contribution in [0.3, 0.4) is 0 Å². The molecule has 1 saturated carbocycles. The van der Waals surface area contributed by atoms with Crippen LogP contribution in [0, 0.1) is 17.3 Å². The normalized spacial score (nSPS) is 25.8. The summed E-state index contributed by atoms with van der Waals surface area (Å²) in [5.74, 6) is 0.884. The van der Waals surface area contributed by atoms with Gasteiger partial charge in [-0.1, -0.05) is 27.2 Å². The van der Waals surface area contributed by atoms with E-state index in [2.05, 4.69) is 20.8 Å². The standard InChI is InChI=1S/C13H26N2O/c1-13(2,3)9-15(4)12(16)11-7-5-6-10(11)8-14/h10-11H,5-9,14H2,1-4H3. The third-order valence-corrected chi connectivity index (χ3v) is 3.37. The Hall–Kier alpha value is -0.570. The third-order valence-electron chi connectivity index (χ3n) is 3.37. The van der Waals surface area contributed by atoms with Crippen molar-refractivity contribution in [3.05, 3.63) is 0 Å². The minimum atomic E-state index is 0.168. The van der Waals surface area contributed by atoms with Gasteiger partial charge in [0.25, 0.3) is 0 Å².